The predicted octanol–water partition coefficient (Wildman–Crippen LogP) is 1.39. The number of carboxylic acids is 1. The second-order valence-electron chi connectivity index (χ2n) is 5.33. The van der Waals surface area contributed by atoms with Crippen LogP contribution in [-0.2, 0) is 4.79 Å². The van der Waals surface area contributed by atoms with Gasteiger partial charge in [-0.25, -0.2) is 0 Å². The third-order valence-corrected chi connectivity index (χ3v) is 4.12. The fourth-order valence-electron chi connectivity index (χ4n) is 2.90. The van der Waals surface area contributed by atoms with Crippen molar-refractivity contribution in [3.05, 3.63) is 23.8 Å². The Hall–Kier alpha value is -2.24. The molecule has 3 rings (SSSR count). The Labute approximate surface area is 122 Å². The third kappa shape index (κ3) is 2.41. The molecule has 0 aliphatic carbocycles. The van der Waals surface area contributed by atoms with E-state index in [1.54, 1.807) is 30.0 Å². The molecule has 2 atom stereocenters. The molecule has 6 nitrogen and oxygen atoms in total. The van der Waals surface area contributed by atoms with Crippen molar-refractivity contribution in [2.75, 3.05) is 19.8 Å². The first kappa shape index (κ1) is 13.7. The van der Waals surface area contributed by atoms with Gasteiger partial charge in [0, 0.05) is 18.2 Å². The van der Waals surface area contributed by atoms with Gasteiger partial charge in [0.1, 0.15) is 13.2 Å². The van der Waals surface area contributed by atoms with E-state index in [2.05, 4.69) is 0 Å². The number of nitrogens with zero attached hydrogens (tertiary/aromatic N) is 1. The fourth-order valence-corrected chi connectivity index (χ4v) is 2.90. The molecule has 21 heavy (non-hydrogen) atoms. The van der Waals surface area contributed by atoms with Gasteiger partial charge in [0.2, 0.25) is 0 Å². The van der Waals surface area contributed by atoms with Crippen LogP contribution in [0.15, 0.2) is 18.2 Å². The molecule has 1 N–H and O–H groups in total. The summed E-state index contributed by atoms with van der Waals surface area (Å²) < 4.78 is 10.9. The van der Waals surface area contributed by atoms with Gasteiger partial charge in [-0.2, -0.15) is 0 Å². The molecule has 2 aliphatic heterocycles. The largest absolute Gasteiger partial charge is 0.486 e. The zero-order valence-electron chi connectivity index (χ0n) is 11.7. The van der Waals surface area contributed by atoms with E-state index in [1.165, 1.54) is 0 Å². The van der Waals surface area contributed by atoms with Crippen molar-refractivity contribution in [1.82, 2.24) is 4.90 Å². The second-order valence-corrected chi connectivity index (χ2v) is 5.33. The van der Waals surface area contributed by atoms with Gasteiger partial charge in [-0.3, -0.25) is 9.59 Å². The van der Waals surface area contributed by atoms with E-state index in [0.29, 0.717) is 43.2 Å². The maximum absolute atomic E-state index is 12.5. The topological polar surface area (TPSA) is 76.1 Å². The van der Waals surface area contributed by atoms with Crippen LogP contribution in [0.25, 0.3) is 0 Å². The van der Waals surface area contributed by atoms with Crippen molar-refractivity contribution < 1.29 is 24.2 Å². The average molecular weight is 291 g/mol. The molecule has 0 spiro atoms. The smallest absolute Gasteiger partial charge is 0.308 e. The van der Waals surface area contributed by atoms with Gasteiger partial charge in [-0.1, -0.05) is 0 Å². The van der Waals surface area contributed by atoms with Gasteiger partial charge in [-0.15, -0.1) is 0 Å². The molecule has 0 bridgehead atoms. The summed E-state index contributed by atoms with van der Waals surface area (Å²) in [6, 6.07) is 4.77. The van der Waals surface area contributed by atoms with E-state index in [-0.39, 0.29) is 11.9 Å². The lowest BCUT2D eigenvalue weighted by Gasteiger charge is -2.24. The Morgan fingerprint density at radius 2 is 1.95 bits per heavy atom. The van der Waals surface area contributed by atoms with Gasteiger partial charge in [0.25, 0.3) is 5.91 Å². The summed E-state index contributed by atoms with van der Waals surface area (Å²) in [5.41, 5.74) is 0.497. The molecule has 0 radical (unpaired) electrons. The lowest BCUT2D eigenvalue weighted by Crippen LogP contribution is -2.37. The number of hydrogen-bond acceptors (Lipinski definition) is 4. The number of carboxylic acid groups (broad SMARTS) is 1. The minimum absolute atomic E-state index is 0.164. The number of aliphatic carboxylic acids is 1. The van der Waals surface area contributed by atoms with Crippen LogP contribution >= 0.6 is 0 Å². The Morgan fingerprint density at radius 3 is 2.62 bits per heavy atom. The summed E-state index contributed by atoms with van der Waals surface area (Å²) in [6.07, 6.45) is 0.493. The molecule has 0 aromatic heterocycles. The molecule has 2 unspecified atom stereocenters. The summed E-state index contributed by atoms with van der Waals surface area (Å²) in [4.78, 5) is 25.3. The molecule has 6 heteroatoms. The van der Waals surface area contributed by atoms with Crippen LogP contribution in [0.4, 0.5) is 0 Å². The van der Waals surface area contributed by atoms with Crippen LogP contribution in [0.2, 0.25) is 0 Å². The van der Waals surface area contributed by atoms with Crippen LogP contribution in [0.1, 0.15) is 23.7 Å². The number of carbonyl (C=O) groups excluding carboxylic acids is 1. The van der Waals surface area contributed by atoms with Crippen LogP contribution < -0.4 is 9.47 Å². The number of hydrogen-bond donors (Lipinski definition) is 1. The monoisotopic (exact) mass is 291 g/mol. The number of fused-ring (bicyclic) bond motifs is 1. The van der Waals surface area contributed by atoms with Crippen LogP contribution in [-0.4, -0.2) is 47.7 Å². The summed E-state index contributed by atoms with van der Waals surface area (Å²) in [5.74, 6) is -0.307. The summed E-state index contributed by atoms with van der Waals surface area (Å²) in [7, 11) is 0. The van der Waals surface area contributed by atoms with Crippen LogP contribution in [0, 0.1) is 5.92 Å². The Bertz CT molecular complexity index is 585. The highest BCUT2D eigenvalue weighted by molar-refractivity contribution is 5.95. The quantitative estimate of drug-likeness (QED) is 0.891. The highest BCUT2D eigenvalue weighted by Gasteiger charge is 2.38. The normalized spacial score (nSPS) is 24.0. The molecule has 112 valence electrons. The van der Waals surface area contributed by atoms with Gasteiger partial charge in [0.05, 0.1) is 5.92 Å². The van der Waals surface area contributed by atoms with Crippen LogP contribution in [0.3, 0.4) is 0 Å². The van der Waals surface area contributed by atoms with Crippen molar-refractivity contribution in [1.29, 1.82) is 0 Å². The highest BCUT2D eigenvalue weighted by atomic mass is 16.6. The minimum Gasteiger partial charge on any atom is -0.486 e. The molecular weight excluding hydrogens is 274 g/mol. The molecule has 1 aromatic carbocycles. The molecule has 1 amide bonds. The maximum atomic E-state index is 12.5. The van der Waals surface area contributed by atoms with Crippen molar-refractivity contribution in [2.45, 2.75) is 19.4 Å². The first-order chi connectivity index (χ1) is 10.1. The number of carbonyl (C=O) groups is 2. The number of rotatable bonds is 2. The van der Waals surface area contributed by atoms with Crippen molar-refractivity contribution in [2.24, 2.45) is 5.92 Å². The standard InChI is InChI=1S/C15H17NO5/c1-9-11(15(18)19)4-5-16(9)14(17)10-2-3-12-13(8-10)21-7-6-20-12/h2-3,8-9,11H,4-7H2,1H3,(H,18,19). The Balaban J connectivity index is 1.81. The lowest BCUT2D eigenvalue weighted by atomic mass is 10.0. The first-order valence-electron chi connectivity index (χ1n) is 7.01. The maximum Gasteiger partial charge on any atom is 0.308 e. The van der Waals surface area contributed by atoms with E-state index in [1.807, 2.05) is 0 Å². The number of likely N-dealkylation sites (tertiary alicyclic amines) is 1. The SMILES string of the molecule is CC1C(C(=O)O)CCN1C(=O)c1ccc2c(c1)OCCO2. The van der Waals surface area contributed by atoms with Crippen molar-refractivity contribution in [3.63, 3.8) is 0 Å². The molecule has 0 saturated carbocycles. The molecule has 2 aliphatic rings. The average Bonchev–Trinajstić information content (AvgIpc) is 2.88. The van der Waals surface area contributed by atoms with Crippen molar-refractivity contribution >= 4 is 11.9 Å². The summed E-state index contributed by atoms with van der Waals surface area (Å²) >= 11 is 0. The van der Waals surface area contributed by atoms with E-state index in [0.717, 1.165) is 0 Å². The van der Waals surface area contributed by atoms with Crippen LogP contribution in [0.5, 0.6) is 11.5 Å². The molecule has 1 aromatic rings. The summed E-state index contributed by atoms with van der Waals surface area (Å²) in [6.45, 7) is 3.21. The number of benzene rings is 1. The van der Waals surface area contributed by atoms with E-state index < -0.39 is 11.9 Å². The fraction of sp³-hybridized carbons (Fsp3) is 0.467. The second kappa shape index (κ2) is 5.27. The molecule has 1 saturated heterocycles. The zero-order valence-corrected chi connectivity index (χ0v) is 11.7. The third-order valence-electron chi connectivity index (χ3n) is 4.12. The number of amides is 1. The van der Waals surface area contributed by atoms with Crippen molar-refractivity contribution in [3.8, 4) is 11.5 Å². The zero-order chi connectivity index (χ0) is 15.0. The minimum atomic E-state index is -0.847. The summed E-state index contributed by atoms with van der Waals surface area (Å²) in [5, 5.41) is 9.14. The number of ether oxygens (including phenoxy) is 2. The Kier molecular flexibility index (Phi) is 3.45. The van der Waals surface area contributed by atoms with Gasteiger partial charge in [-0.05, 0) is 31.5 Å². The first-order valence-corrected chi connectivity index (χ1v) is 7.01. The lowest BCUT2D eigenvalue weighted by molar-refractivity contribution is -0.142. The highest BCUT2D eigenvalue weighted by Crippen LogP contribution is 2.32. The van der Waals surface area contributed by atoms with E-state index >= 15 is 0 Å². The molecule has 1 fully saturated rings. The van der Waals surface area contributed by atoms with Gasteiger partial charge in [0.15, 0.2) is 11.5 Å². The Morgan fingerprint density at radius 1 is 1.24 bits per heavy atom. The molecule has 2 heterocycles. The van der Waals surface area contributed by atoms with Gasteiger partial charge < -0.3 is 19.5 Å². The van der Waals surface area contributed by atoms with E-state index in [4.69, 9.17) is 14.6 Å². The van der Waals surface area contributed by atoms with Gasteiger partial charge >= 0.3 is 5.97 Å². The predicted molar refractivity (Wildman–Crippen MR) is 73.7 cm³/mol. The molecular formula is C15H17NO5. The van der Waals surface area contributed by atoms with E-state index in [9.17, 15) is 9.59 Å².